The zero-order chi connectivity index (χ0) is 22.6. The number of para-hydroxylation sites is 2. The van der Waals surface area contributed by atoms with E-state index in [9.17, 15) is 4.79 Å². The van der Waals surface area contributed by atoms with Gasteiger partial charge >= 0.3 is 0 Å². The van der Waals surface area contributed by atoms with E-state index in [-0.39, 0.29) is 11.0 Å². The Balaban J connectivity index is 1.53. The molecule has 0 bridgehead atoms. The van der Waals surface area contributed by atoms with Crippen molar-refractivity contribution < 1.29 is 14.3 Å². The van der Waals surface area contributed by atoms with Gasteiger partial charge in [-0.1, -0.05) is 61.9 Å². The van der Waals surface area contributed by atoms with Crippen molar-refractivity contribution in [3.05, 3.63) is 90.0 Å². The van der Waals surface area contributed by atoms with E-state index < -0.39 is 0 Å². The molecule has 0 aromatic heterocycles. The lowest BCUT2D eigenvalue weighted by Crippen LogP contribution is -2.34. The first-order valence-corrected chi connectivity index (χ1v) is 11.2. The average Bonchev–Trinajstić information content (AvgIpc) is 2.81. The molecular formula is C26H28N2O3S. The second kappa shape index (κ2) is 12.5. The summed E-state index contributed by atoms with van der Waals surface area (Å²) < 4.78 is 11.6. The van der Waals surface area contributed by atoms with Crippen LogP contribution in [0, 0.1) is 0 Å². The average molecular weight is 449 g/mol. The maximum absolute atomic E-state index is 12.7. The predicted molar refractivity (Wildman–Crippen MR) is 133 cm³/mol. The van der Waals surface area contributed by atoms with Gasteiger partial charge in [0, 0.05) is 12.0 Å². The minimum Gasteiger partial charge on any atom is -0.493 e. The van der Waals surface area contributed by atoms with E-state index in [0.717, 1.165) is 19.3 Å². The fourth-order valence-corrected chi connectivity index (χ4v) is 3.21. The Morgan fingerprint density at radius 2 is 1.69 bits per heavy atom. The zero-order valence-corrected chi connectivity index (χ0v) is 19.0. The van der Waals surface area contributed by atoms with Gasteiger partial charge in [-0.2, -0.15) is 0 Å². The molecule has 3 rings (SSSR count). The number of thiocarbonyl (C=S) groups is 1. The van der Waals surface area contributed by atoms with Crippen LogP contribution in [0.25, 0.3) is 0 Å². The van der Waals surface area contributed by atoms with Crippen molar-refractivity contribution in [1.29, 1.82) is 0 Å². The quantitative estimate of drug-likeness (QED) is 0.312. The summed E-state index contributed by atoms with van der Waals surface area (Å²) in [6.07, 6.45) is 2.82. The smallest absolute Gasteiger partial charge is 0.257 e. The molecule has 166 valence electrons. The maximum atomic E-state index is 12.7. The molecule has 2 N–H and O–H groups in total. The molecule has 0 aliphatic rings. The van der Waals surface area contributed by atoms with Gasteiger partial charge in [0.2, 0.25) is 0 Å². The molecule has 1 amide bonds. The Kier molecular flexibility index (Phi) is 9.07. The van der Waals surface area contributed by atoms with Crippen LogP contribution in [-0.2, 0) is 6.42 Å². The van der Waals surface area contributed by atoms with Crippen LogP contribution >= 0.6 is 12.2 Å². The van der Waals surface area contributed by atoms with E-state index in [1.54, 1.807) is 18.2 Å². The monoisotopic (exact) mass is 448 g/mol. The largest absolute Gasteiger partial charge is 0.493 e. The highest BCUT2D eigenvalue weighted by Gasteiger charge is 2.11. The molecule has 0 spiro atoms. The van der Waals surface area contributed by atoms with Crippen molar-refractivity contribution in [3.63, 3.8) is 0 Å². The normalized spacial score (nSPS) is 10.3. The highest BCUT2D eigenvalue weighted by atomic mass is 32.1. The maximum Gasteiger partial charge on any atom is 0.257 e. The fraction of sp³-hybridized carbons (Fsp3) is 0.231. The molecule has 0 unspecified atom stereocenters. The third kappa shape index (κ3) is 7.39. The number of rotatable bonds is 10. The molecule has 0 atom stereocenters. The summed E-state index contributed by atoms with van der Waals surface area (Å²) in [6.45, 7) is 3.27. The Morgan fingerprint density at radius 3 is 2.50 bits per heavy atom. The molecule has 0 aliphatic heterocycles. The Morgan fingerprint density at radius 1 is 0.906 bits per heavy atom. The van der Waals surface area contributed by atoms with Crippen molar-refractivity contribution in [2.24, 2.45) is 0 Å². The number of hydrogen-bond acceptors (Lipinski definition) is 4. The van der Waals surface area contributed by atoms with Gasteiger partial charge in [0.05, 0.1) is 18.9 Å². The lowest BCUT2D eigenvalue weighted by molar-refractivity contribution is 0.0977. The number of nitrogens with one attached hydrogen (secondary N) is 2. The number of anilines is 1. The molecule has 5 nitrogen and oxygen atoms in total. The SMILES string of the molecule is CCCCOc1ccccc1NC(=S)NC(=O)c1cccc(OCCc2ccccc2)c1. The van der Waals surface area contributed by atoms with Crippen LogP contribution in [0.3, 0.4) is 0 Å². The van der Waals surface area contributed by atoms with Crippen molar-refractivity contribution in [2.45, 2.75) is 26.2 Å². The Hall–Kier alpha value is -3.38. The second-order valence-corrected chi connectivity index (χ2v) is 7.63. The molecule has 0 radical (unpaired) electrons. The predicted octanol–water partition coefficient (Wildman–Crippen LogP) is 5.61. The Bertz CT molecular complexity index is 1020. The Labute approximate surface area is 194 Å². The number of carbonyl (C=O) groups is 1. The van der Waals surface area contributed by atoms with E-state index in [1.165, 1.54) is 5.56 Å². The number of benzene rings is 3. The van der Waals surface area contributed by atoms with Crippen LogP contribution < -0.4 is 20.1 Å². The molecule has 0 saturated heterocycles. The third-order valence-corrected chi connectivity index (χ3v) is 4.92. The first-order valence-electron chi connectivity index (χ1n) is 10.8. The number of hydrogen-bond donors (Lipinski definition) is 2. The number of carbonyl (C=O) groups excluding carboxylic acids is 1. The highest BCUT2D eigenvalue weighted by molar-refractivity contribution is 7.80. The fourth-order valence-electron chi connectivity index (χ4n) is 3.01. The first kappa shape index (κ1) is 23.3. The summed E-state index contributed by atoms with van der Waals surface area (Å²) >= 11 is 5.33. The van der Waals surface area contributed by atoms with Gasteiger partial charge in [0.1, 0.15) is 11.5 Å². The molecule has 32 heavy (non-hydrogen) atoms. The van der Waals surface area contributed by atoms with Crippen LogP contribution in [0.4, 0.5) is 5.69 Å². The van der Waals surface area contributed by atoms with E-state index in [1.807, 2.05) is 48.5 Å². The standard InChI is InChI=1S/C26H28N2O3S/c1-2-3-17-31-24-15-8-7-14-23(24)27-26(32)28-25(29)21-12-9-13-22(19-21)30-18-16-20-10-5-4-6-11-20/h4-15,19H,2-3,16-18H2,1H3,(H2,27,28,29,32). The van der Waals surface area contributed by atoms with Gasteiger partial charge in [0.15, 0.2) is 5.11 Å². The molecule has 3 aromatic rings. The van der Waals surface area contributed by atoms with Crippen LogP contribution in [-0.4, -0.2) is 24.2 Å². The minimum absolute atomic E-state index is 0.206. The van der Waals surface area contributed by atoms with E-state index in [0.29, 0.717) is 36.0 Å². The van der Waals surface area contributed by atoms with Gasteiger partial charge in [-0.15, -0.1) is 0 Å². The number of amides is 1. The van der Waals surface area contributed by atoms with Crippen molar-refractivity contribution >= 4 is 28.9 Å². The van der Waals surface area contributed by atoms with E-state index >= 15 is 0 Å². The topological polar surface area (TPSA) is 59.6 Å². The van der Waals surface area contributed by atoms with Gasteiger partial charge < -0.3 is 14.8 Å². The van der Waals surface area contributed by atoms with Gasteiger partial charge in [-0.3, -0.25) is 10.1 Å². The molecule has 0 saturated carbocycles. The zero-order valence-electron chi connectivity index (χ0n) is 18.2. The lowest BCUT2D eigenvalue weighted by atomic mass is 10.2. The summed E-state index contributed by atoms with van der Waals surface area (Å²) in [7, 11) is 0. The molecule has 0 aliphatic carbocycles. The third-order valence-electron chi connectivity index (χ3n) is 4.72. The lowest BCUT2D eigenvalue weighted by Gasteiger charge is -2.14. The number of unbranched alkanes of at least 4 members (excludes halogenated alkanes) is 1. The molecule has 3 aromatic carbocycles. The summed E-state index contributed by atoms with van der Waals surface area (Å²) in [4.78, 5) is 12.7. The van der Waals surface area contributed by atoms with Crippen molar-refractivity contribution in [1.82, 2.24) is 5.32 Å². The molecule has 0 heterocycles. The van der Waals surface area contributed by atoms with Crippen LogP contribution in [0.2, 0.25) is 0 Å². The van der Waals surface area contributed by atoms with Crippen molar-refractivity contribution in [2.75, 3.05) is 18.5 Å². The highest BCUT2D eigenvalue weighted by Crippen LogP contribution is 2.24. The van der Waals surface area contributed by atoms with E-state index in [2.05, 4.69) is 29.7 Å². The minimum atomic E-state index is -0.305. The van der Waals surface area contributed by atoms with Crippen LogP contribution in [0.15, 0.2) is 78.9 Å². The molecule has 6 heteroatoms. The molecule has 0 fully saturated rings. The van der Waals surface area contributed by atoms with Gasteiger partial charge in [-0.05, 0) is 54.5 Å². The summed E-state index contributed by atoms with van der Waals surface area (Å²) in [6, 6.07) is 24.7. The number of ether oxygens (including phenoxy) is 2. The summed E-state index contributed by atoms with van der Waals surface area (Å²) in [5.74, 6) is 1.04. The van der Waals surface area contributed by atoms with Crippen LogP contribution in [0.5, 0.6) is 11.5 Å². The van der Waals surface area contributed by atoms with E-state index in [4.69, 9.17) is 21.7 Å². The first-order chi connectivity index (χ1) is 15.7. The van der Waals surface area contributed by atoms with Gasteiger partial charge in [0.25, 0.3) is 5.91 Å². The second-order valence-electron chi connectivity index (χ2n) is 7.22. The van der Waals surface area contributed by atoms with Crippen molar-refractivity contribution in [3.8, 4) is 11.5 Å². The molecular weight excluding hydrogens is 420 g/mol. The van der Waals surface area contributed by atoms with Crippen LogP contribution in [0.1, 0.15) is 35.7 Å². The summed E-state index contributed by atoms with van der Waals surface area (Å²) in [5, 5.41) is 5.97. The van der Waals surface area contributed by atoms with Gasteiger partial charge in [-0.25, -0.2) is 0 Å². The summed E-state index contributed by atoms with van der Waals surface area (Å²) in [5.41, 5.74) is 2.39.